The van der Waals surface area contributed by atoms with Gasteiger partial charge in [-0.05, 0) is 25.2 Å². The number of nitrogens with one attached hydrogen (secondary N) is 1. The lowest BCUT2D eigenvalue weighted by Gasteiger charge is -2.14. The largest absolute Gasteiger partial charge is 0.311 e. The summed E-state index contributed by atoms with van der Waals surface area (Å²) in [5.41, 5.74) is 0.976. The van der Waals surface area contributed by atoms with Crippen molar-refractivity contribution in [3.05, 3.63) is 11.8 Å². The van der Waals surface area contributed by atoms with E-state index >= 15 is 0 Å². The summed E-state index contributed by atoms with van der Waals surface area (Å²) in [4.78, 5) is 12.0. The van der Waals surface area contributed by atoms with E-state index < -0.39 is 9.84 Å². The minimum absolute atomic E-state index is 0.0423. The number of amides is 1. The molecule has 22 heavy (non-hydrogen) atoms. The molecule has 122 valence electrons. The van der Waals surface area contributed by atoms with E-state index in [1.165, 1.54) is 0 Å². The molecule has 2 aliphatic rings. The van der Waals surface area contributed by atoms with E-state index in [-0.39, 0.29) is 29.4 Å². The number of nitrogens with zero attached hydrogens (tertiary/aromatic N) is 2. The molecule has 3 rings (SSSR count). The Kier molecular flexibility index (Phi) is 4.01. The zero-order valence-electron chi connectivity index (χ0n) is 13.1. The van der Waals surface area contributed by atoms with Crippen molar-refractivity contribution < 1.29 is 13.2 Å². The van der Waals surface area contributed by atoms with E-state index in [1.54, 1.807) is 4.68 Å². The van der Waals surface area contributed by atoms with Crippen LogP contribution in [0.5, 0.6) is 0 Å². The molecule has 1 atom stereocenters. The van der Waals surface area contributed by atoms with Crippen molar-refractivity contribution in [1.82, 2.24) is 9.78 Å². The summed E-state index contributed by atoms with van der Waals surface area (Å²) >= 11 is 0. The Morgan fingerprint density at radius 1 is 1.41 bits per heavy atom. The standard InChI is InChI=1S/C15H23N3O3S/c1-10(2)7-15(19)16-14-8-13(11-3-4-11)17-18(14)12-5-6-22(20,21)9-12/h8,10-12H,3-7,9H2,1-2H3,(H,16,19)/t12-/m1/s1. The van der Waals surface area contributed by atoms with Crippen LogP contribution in [0, 0.1) is 5.92 Å². The third-order valence-corrected chi connectivity index (χ3v) is 5.92. The first-order valence-electron chi connectivity index (χ1n) is 7.94. The van der Waals surface area contributed by atoms with Crippen molar-refractivity contribution in [2.45, 2.75) is 51.5 Å². The Balaban J connectivity index is 1.82. The number of hydrogen-bond donors (Lipinski definition) is 1. The summed E-state index contributed by atoms with van der Waals surface area (Å²) in [6, 6.07) is 1.76. The summed E-state index contributed by atoms with van der Waals surface area (Å²) in [6.07, 6.45) is 3.27. The van der Waals surface area contributed by atoms with Crippen LogP contribution in [0.2, 0.25) is 0 Å². The molecule has 0 spiro atoms. The lowest BCUT2D eigenvalue weighted by atomic mass is 10.1. The zero-order valence-corrected chi connectivity index (χ0v) is 13.9. The fourth-order valence-corrected chi connectivity index (χ4v) is 4.59. The van der Waals surface area contributed by atoms with Crippen molar-refractivity contribution >= 4 is 21.6 Å². The molecule has 1 amide bonds. The second-order valence-corrected chi connectivity index (χ2v) is 9.11. The molecule has 1 saturated heterocycles. The number of rotatable bonds is 5. The van der Waals surface area contributed by atoms with Gasteiger partial charge in [-0.3, -0.25) is 4.79 Å². The van der Waals surface area contributed by atoms with Crippen LogP contribution in [-0.4, -0.2) is 35.6 Å². The molecule has 1 saturated carbocycles. The predicted octanol–water partition coefficient (Wildman–Crippen LogP) is 2.10. The van der Waals surface area contributed by atoms with Crippen LogP contribution < -0.4 is 5.32 Å². The van der Waals surface area contributed by atoms with Crippen LogP contribution in [0.25, 0.3) is 0 Å². The molecular weight excluding hydrogens is 302 g/mol. The van der Waals surface area contributed by atoms with E-state index in [4.69, 9.17) is 0 Å². The van der Waals surface area contributed by atoms with Gasteiger partial charge in [0.2, 0.25) is 5.91 Å². The van der Waals surface area contributed by atoms with Crippen molar-refractivity contribution in [2.75, 3.05) is 16.8 Å². The molecule has 1 aromatic rings. The highest BCUT2D eigenvalue weighted by atomic mass is 32.2. The Morgan fingerprint density at radius 3 is 2.68 bits per heavy atom. The van der Waals surface area contributed by atoms with Crippen molar-refractivity contribution in [1.29, 1.82) is 0 Å². The van der Waals surface area contributed by atoms with E-state index in [1.807, 2.05) is 19.9 Å². The van der Waals surface area contributed by atoms with E-state index in [9.17, 15) is 13.2 Å². The second kappa shape index (κ2) is 5.68. The highest BCUT2D eigenvalue weighted by Gasteiger charge is 2.34. The highest BCUT2D eigenvalue weighted by Crippen LogP contribution is 2.41. The quantitative estimate of drug-likeness (QED) is 0.899. The summed E-state index contributed by atoms with van der Waals surface area (Å²) in [5.74, 6) is 1.68. The maximum absolute atomic E-state index is 12.0. The molecule has 1 aliphatic heterocycles. The molecule has 0 bridgehead atoms. The minimum Gasteiger partial charge on any atom is -0.311 e. The SMILES string of the molecule is CC(C)CC(=O)Nc1cc(C2CC2)nn1[C@@H]1CCS(=O)(=O)C1. The number of carbonyl (C=O) groups excluding carboxylic acids is 1. The van der Waals surface area contributed by atoms with Gasteiger partial charge in [0.25, 0.3) is 0 Å². The van der Waals surface area contributed by atoms with Crippen LogP contribution in [0.3, 0.4) is 0 Å². The average molecular weight is 325 g/mol. The molecule has 0 unspecified atom stereocenters. The van der Waals surface area contributed by atoms with Gasteiger partial charge in [-0.1, -0.05) is 13.8 Å². The van der Waals surface area contributed by atoms with Gasteiger partial charge in [-0.2, -0.15) is 5.10 Å². The van der Waals surface area contributed by atoms with E-state index in [0.717, 1.165) is 18.5 Å². The molecule has 7 heteroatoms. The smallest absolute Gasteiger partial charge is 0.225 e. The molecule has 2 fully saturated rings. The lowest BCUT2D eigenvalue weighted by molar-refractivity contribution is -0.116. The molecule has 0 radical (unpaired) electrons. The lowest BCUT2D eigenvalue weighted by Crippen LogP contribution is -2.20. The van der Waals surface area contributed by atoms with Crippen LogP contribution in [0.15, 0.2) is 6.07 Å². The summed E-state index contributed by atoms with van der Waals surface area (Å²) < 4.78 is 25.2. The van der Waals surface area contributed by atoms with Crippen LogP contribution in [0.4, 0.5) is 5.82 Å². The van der Waals surface area contributed by atoms with Gasteiger partial charge < -0.3 is 5.32 Å². The Morgan fingerprint density at radius 2 is 2.14 bits per heavy atom. The van der Waals surface area contributed by atoms with Gasteiger partial charge in [0.05, 0.1) is 23.2 Å². The normalized spacial score (nSPS) is 23.9. The van der Waals surface area contributed by atoms with E-state index in [0.29, 0.717) is 24.6 Å². The van der Waals surface area contributed by atoms with Gasteiger partial charge in [-0.25, -0.2) is 13.1 Å². The topological polar surface area (TPSA) is 81.1 Å². The van der Waals surface area contributed by atoms with Crippen LogP contribution in [-0.2, 0) is 14.6 Å². The Labute approximate surface area is 131 Å². The Hall–Kier alpha value is -1.37. The molecule has 1 aromatic heterocycles. The molecule has 0 aromatic carbocycles. The van der Waals surface area contributed by atoms with Gasteiger partial charge >= 0.3 is 0 Å². The predicted molar refractivity (Wildman–Crippen MR) is 84.6 cm³/mol. The van der Waals surface area contributed by atoms with Gasteiger partial charge in [0, 0.05) is 18.4 Å². The molecule has 1 N–H and O–H groups in total. The third-order valence-electron chi connectivity index (χ3n) is 4.17. The molecule has 2 heterocycles. The highest BCUT2D eigenvalue weighted by molar-refractivity contribution is 7.91. The van der Waals surface area contributed by atoms with Crippen molar-refractivity contribution in [2.24, 2.45) is 5.92 Å². The first-order chi connectivity index (χ1) is 10.3. The van der Waals surface area contributed by atoms with Gasteiger partial charge in [-0.15, -0.1) is 0 Å². The number of carbonyl (C=O) groups is 1. The average Bonchev–Trinajstić information content (AvgIpc) is 3.07. The second-order valence-electron chi connectivity index (χ2n) is 6.88. The summed E-state index contributed by atoms with van der Waals surface area (Å²) in [7, 11) is -2.98. The fourth-order valence-electron chi connectivity index (χ4n) is 2.90. The van der Waals surface area contributed by atoms with Gasteiger partial charge in [0.15, 0.2) is 9.84 Å². The molecular formula is C15H23N3O3S. The molecule has 6 nitrogen and oxygen atoms in total. The fraction of sp³-hybridized carbons (Fsp3) is 0.733. The van der Waals surface area contributed by atoms with Gasteiger partial charge in [0.1, 0.15) is 5.82 Å². The van der Waals surface area contributed by atoms with Crippen LogP contribution in [0.1, 0.15) is 57.2 Å². The maximum atomic E-state index is 12.0. The van der Waals surface area contributed by atoms with Crippen LogP contribution >= 0.6 is 0 Å². The minimum atomic E-state index is -2.98. The maximum Gasteiger partial charge on any atom is 0.225 e. The first-order valence-corrected chi connectivity index (χ1v) is 9.76. The number of anilines is 1. The zero-order chi connectivity index (χ0) is 15.9. The number of sulfone groups is 1. The van der Waals surface area contributed by atoms with Crippen molar-refractivity contribution in [3.8, 4) is 0 Å². The summed E-state index contributed by atoms with van der Waals surface area (Å²) in [6.45, 7) is 3.99. The number of aromatic nitrogens is 2. The molecule has 1 aliphatic carbocycles. The number of hydrogen-bond acceptors (Lipinski definition) is 4. The first kappa shape index (κ1) is 15.5. The van der Waals surface area contributed by atoms with Crippen molar-refractivity contribution in [3.63, 3.8) is 0 Å². The monoisotopic (exact) mass is 325 g/mol. The Bertz CT molecular complexity index is 674. The summed E-state index contributed by atoms with van der Waals surface area (Å²) in [5, 5.41) is 7.51. The third kappa shape index (κ3) is 3.51. The van der Waals surface area contributed by atoms with E-state index in [2.05, 4.69) is 10.4 Å².